The van der Waals surface area contributed by atoms with Gasteiger partial charge in [-0.15, -0.1) is 11.8 Å². The molecule has 1 aliphatic rings. The molecule has 0 spiro atoms. The number of aromatic nitrogens is 2. The molecular formula is C16H17N3O4S. The number of rotatable bonds is 5. The van der Waals surface area contributed by atoms with Gasteiger partial charge in [0, 0.05) is 10.6 Å². The van der Waals surface area contributed by atoms with Crippen molar-refractivity contribution in [3.05, 3.63) is 56.4 Å². The van der Waals surface area contributed by atoms with Crippen molar-refractivity contribution in [3.8, 4) is 5.75 Å². The fraction of sp³-hybridized carbons (Fsp3) is 0.312. The minimum absolute atomic E-state index is 0.0784. The predicted octanol–water partition coefficient (Wildman–Crippen LogP) is 1.10. The zero-order valence-corrected chi connectivity index (χ0v) is 13.9. The zero-order valence-electron chi connectivity index (χ0n) is 13.1. The van der Waals surface area contributed by atoms with Gasteiger partial charge in [0.1, 0.15) is 5.75 Å². The fourth-order valence-corrected chi connectivity index (χ4v) is 3.31. The Morgan fingerprint density at radius 3 is 2.67 bits per heavy atom. The molecule has 7 nitrogen and oxygen atoms in total. The predicted molar refractivity (Wildman–Crippen MR) is 90.3 cm³/mol. The Kier molecular flexibility index (Phi) is 4.75. The third-order valence-electron chi connectivity index (χ3n) is 3.68. The summed E-state index contributed by atoms with van der Waals surface area (Å²) in [6.07, 6.45) is 0. The van der Waals surface area contributed by atoms with Gasteiger partial charge in [-0.05, 0) is 31.2 Å². The smallest absolute Gasteiger partial charge is 0.325 e. The Bertz CT molecular complexity index is 857. The quantitative estimate of drug-likeness (QED) is 0.790. The number of nitrogens with one attached hydrogen (secondary N) is 2. The van der Waals surface area contributed by atoms with Crippen LogP contribution in [-0.4, -0.2) is 33.1 Å². The molecule has 2 N–H and O–H groups in total. The van der Waals surface area contributed by atoms with E-state index < -0.39 is 11.2 Å². The van der Waals surface area contributed by atoms with Crippen LogP contribution in [0.2, 0.25) is 0 Å². The summed E-state index contributed by atoms with van der Waals surface area (Å²) in [7, 11) is 0. The van der Waals surface area contributed by atoms with E-state index in [1.807, 2.05) is 31.2 Å². The van der Waals surface area contributed by atoms with Crippen LogP contribution in [0.15, 0.2) is 38.8 Å². The number of nitrogens with zero attached hydrogens (tertiary/aromatic N) is 1. The molecule has 8 heteroatoms. The summed E-state index contributed by atoms with van der Waals surface area (Å²) in [5.74, 6) is 0.987. The van der Waals surface area contributed by atoms with Crippen molar-refractivity contribution in [2.75, 3.05) is 12.4 Å². The molecule has 1 aromatic heterocycles. The van der Waals surface area contributed by atoms with Gasteiger partial charge in [-0.25, -0.2) is 4.79 Å². The molecule has 1 aliphatic heterocycles. The van der Waals surface area contributed by atoms with Gasteiger partial charge < -0.3 is 14.6 Å². The second-order valence-electron chi connectivity index (χ2n) is 5.31. The van der Waals surface area contributed by atoms with E-state index in [2.05, 4.69) is 9.97 Å². The van der Waals surface area contributed by atoms with Gasteiger partial charge in [0.15, 0.2) is 0 Å². The van der Waals surface area contributed by atoms with Gasteiger partial charge in [-0.3, -0.25) is 14.6 Å². The highest BCUT2D eigenvalue weighted by Crippen LogP contribution is 2.23. The van der Waals surface area contributed by atoms with Crippen LogP contribution in [0.1, 0.15) is 18.2 Å². The van der Waals surface area contributed by atoms with Crippen LogP contribution < -0.4 is 16.0 Å². The largest absolute Gasteiger partial charge is 0.494 e. The lowest BCUT2D eigenvalue weighted by Crippen LogP contribution is -2.28. The number of H-pyrrole nitrogens is 2. The van der Waals surface area contributed by atoms with Gasteiger partial charge in [0.25, 0.3) is 5.56 Å². The van der Waals surface area contributed by atoms with E-state index in [1.54, 1.807) is 4.90 Å². The van der Waals surface area contributed by atoms with Crippen molar-refractivity contribution in [3.63, 3.8) is 0 Å². The van der Waals surface area contributed by atoms with E-state index in [-0.39, 0.29) is 24.7 Å². The summed E-state index contributed by atoms with van der Waals surface area (Å²) in [6.45, 7) is 3.02. The normalized spacial score (nSPS) is 13.0. The molecule has 0 aliphatic carbocycles. The molecule has 0 saturated carbocycles. The number of ether oxygens (including phenoxy) is 1. The first-order valence-electron chi connectivity index (χ1n) is 7.54. The Labute approximate surface area is 142 Å². The van der Waals surface area contributed by atoms with Crippen LogP contribution in [0.25, 0.3) is 0 Å². The summed E-state index contributed by atoms with van der Waals surface area (Å²) in [4.78, 5) is 42.6. The highest BCUT2D eigenvalue weighted by atomic mass is 32.2. The van der Waals surface area contributed by atoms with E-state index >= 15 is 0 Å². The van der Waals surface area contributed by atoms with Gasteiger partial charge >= 0.3 is 5.69 Å². The van der Waals surface area contributed by atoms with Crippen LogP contribution in [0.5, 0.6) is 5.75 Å². The summed E-state index contributed by atoms with van der Waals surface area (Å²) in [6, 6.07) is 7.55. The van der Waals surface area contributed by atoms with Crippen LogP contribution >= 0.6 is 11.8 Å². The highest BCUT2D eigenvalue weighted by Gasteiger charge is 2.26. The number of benzene rings is 1. The molecule has 1 aromatic carbocycles. The van der Waals surface area contributed by atoms with Crippen LogP contribution in [0.3, 0.4) is 0 Å². The van der Waals surface area contributed by atoms with E-state index in [4.69, 9.17) is 4.74 Å². The topological polar surface area (TPSA) is 95.3 Å². The summed E-state index contributed by atoms with van der Waals surface area (Å²) < 4.78 is 5.38. The molecule has 2 heterocycles. The SMILES string of the molecule is CCOc1ccc(SCC(=O)N2Cc3[nH]c(=O)[nH]c(=O)c3C2)cc1. The Hall–Kier alpha value is -2.48. The maximum absolute atomic E-state index is 12.3. The average molecular weight is 347 g/mol. The number of amides is 1. The Morgan fingerprint density at radius 2 is 1.96 bits per heavy atom. The van der Waals surface area contributed by atoms with Crippen LogP contribution in [0, 0.1) is 0 Å². The molecule has 0 unspecified atom stereocenters. The third kappa shape index (κ3) is 3.53. The van der Waals surface area contributed by atoms with Crippen molar-refractivity contribution in [1.82, 2.24) is 14.9 Å². The Balaban J connectivity index is 1.59. The van der Waals surface area contributed by atoms with Crippen molar-refractivity contribution >= 4 is 17.7 Å². The minimum Gasteiger partial charge on any atom is -0.494 e. The lowest BCUT2D eigenvalue weighted by atomic mass is 10.3. The third-order valence-corrected chi connectivity index (χ3v) is 4.67. The summed E-state index contributed by atoms with van der Waals surface area (Å²) in [5.41, 5.74) is -0.00258. The molecular weight excluding hydrogens is 330 g/mol. The molecule has 0 saturated heterocycles. The van der Waals surface area contributed by atoms with Crippen molar-refractivity contribution < 1.29 is 9.53 Å². The van der Waals surface area contributed by atoms with Gasteiger partial charge in [-0.2, -0.15) is 0 Å². The average Bonchev–Trinajstić information content (AvgIpc) is 2.98. The molecule has 0 atom stereocenters. The Morgan fingerprint density at radius 1 is 1.21 bits per heavy atom. The van der Waals surface area contributed by atoms with E-state index in [0.717, 1.165) is 10.6 Å². The molecule has 1 amide bonds. The molecule has 0 bridgehead atoms. The molecule has 0 fully saturated rings. The van der Waals surface area contributed by atoms with E-state index in [1.165, 1.54) is 11.8 Å². The minimum atomic E-state index is -0.545. The van der Waals surface area contributed by atoms with E-state index in [0.29, 0.717) is 17.9 Å². The summed E-state index contributed by atoms with van der Waals surface area (Å²) in [5, 5.41) is 0. The number of carbonyl (C=O) groups excluding carboxylic acids is 1. The zero-order chi connectivity index (χ0) is 17.1. The number of fused-ring (bicyclic) bond motifs is 1. The summed E-state index contributed by atoms with van der Waals surface area (Å²) >= 11 is 1.42. The van der Waals surface area contributed by atoms with Crippen LogP contribution in [-0.2, 0) is 17.9 Å². The lowest BCUT2D eigenvalue weighted by Gasteiger charge is -2.14. The molecule has 0 radical (unpaired) electrons. The molecule has 126 valence electrons. The van der Waals surface area contributed by atoms with Gasteiger partial charge in [-0.1, -0.05) is 0 Å². The van der Waals surface area contributed by atoms with Gasteiger partial charge in [0.2, 0.25) is 5.91 Å². The maximum atomic E-state index is 12.3. The van der Waals surface area contributed by atoms with E-state index in [9.17, 15) is 14.4 Å². The lowest BCUT2D eigenvalue weighted by molar-refractivity contribution is -0.128. The molecule has 3 rings (SSSR count). The number of hydrogen-bond acceptors (Lipinski definition) is 5. The first-order chi connectivity index (χ1) is 11.6. The molecule has 2 aromatic rings. The molecule has 24 heavy (non-hydrogen) atoms. The van der Waals surface area contributed by atoms with Crippen molar-refractivity contribution in [2.24, 2.45) is 0 Å². The standard InChI is InChI=1S/C16H17N3O4S/c1-2-23-10-3-5-11(6-4-10)24-9-14(20)19-7-12-13(8-19)17-16(22)18-15(12)21/h3-6H,2,7-9H2,1H3,(H2,17,18,21,22). The second-order valence-corrected chi connectivity index (χ2v) is 6.36. The number of hydrogen-bond donors (Lipinski definition) is 2. The highest BCUT2D eigenvalue weighted by molar-refractivity contribution is 8.00. The fourth-order valence-electron chi connectivity index (χ4n) is 2.51. The first-order valence-corrected chi connectivity index (χ1v) is 8.53. The van der Waals surface area contributed by atoms with Gasteiger partial charge in [0.05, 0.1) is 31.0 Å². The monoisotopic (exact) mass is 347 g/mol. The number of thioether (sulfide) groups is 1. The maximum Gasteiger partial charge on any atom is 0.325 e. The van der Waals surface area contributed by atoms with Crippen LogP contribution in [0.4, 0.5) is 0 Å². The second kappa shape index (κ2) is 6.96. The first kappa shape index (κ1) is 16.4. The number of carbonyl (C=O) groups is 1. The van der Waals surface area contributed by atoms with Crippen molar-refractivity contribution in [2.45, 2.75) is 24.9 Å². The number of aromatic amines is 2. The van der Waals surface area contributed by atoms with Crippen molar-refractivity contribution in [1.29, 1.82) is 0 Å².